The van der Waals surface area contributed by atoms with E-state index in [1.807, 2.05) is 58.2 Å². The van der Waals surface area contributed by atoms with Crippen LogP contribution in [0, 0.1) is 5.82 Å². The molecule has 1 aromatic heterocycles. The molecule has 5 rings (SSSR count). The Labute approximate surface area is 199 Å². The molecule has 6 nitrogen and oxygen atoms in total. The zero-order valence-electron chi connectivity index (χ0n) is 19.3. The van der Waals surface area contributed by atoms with Gasteiger partial charge in [0.25, 0.3) is 5.91 Å². The quantitative estimate of drug-likeness (QED) is 0.602. The fraction of sp³-hybridized carbons (Fsp3) is 0.296. The number of aryl methyl sites for hydroxylation is 1. The van der Waals surface area contributed by atoms with Crippen molar-refractivity contribution in [1.82, 2.24) is 19.8 Å². The number of amides is 1. The molecule has 3 aromatic rings. The molecule has 1 N–H and O–H groups in total. The number of piperidine rings is 1. The SMILES string of the molecule is Cn1cccc1C(=O)N(C1CCN(Cc2ccccc2)CC1)C1C=CN(c2ccc(F)cc2)N1. The van der Waals surface area contributed by atoms with E-state index in [1.54, 1.807) is 12.1 Å². The summed E-state index contributed by atoms with van der Waals surface area (Å²) in [6.45, 7) is 2.81. The molecule has 0 aliphatic carbocycles. The summed E-state index contributed by atoms with van der Waals surface area (Å²) in [4.78, 5) is 18.2. The summed E-state index contributed by atoms with van der Waals surface area (Å²) in [5, 5.41) is 1.85. The van der Waals surface area contributed by atoms with Gasteiger partial charge in [-0.05, 0) is 60.9 Å². The molecular formula is C27H30FN5O. The zero-order chi connectivity index (χ0) is 23.5. The van der Waals surface area contributed by atoms with Gasteiger partial charge in [0.2, 0.25) is 0 Å². The number of anilines is 1. The first-order valence-corrected chi connectivity index (χ1v) is 11.8. The van der Waals surface area contributed by atoms with Crippen molar-refractivity contribution in [3.8, 4) is 0 Å². The lowest BCUT2D eigenvalue weighted by Crippen LogP contribution is -2.56. The van der Waals surface area contributed by atoms with Crippen LogP contribution in [0.25, 0.3) is 0 Å². The maximum atomic E-state index is 13.7. The molecule has 1 saturated heterocycles. The van der Waals surface area contributed by atoms with Crippen LogP contribution >= 0.6 is 0 Å². The van der Waals surface area contributed by atoms with Gasteiger partial charge >= 0.3 is 0 Å². The second-order valence-electron chi connectivity index (χ2n) is 8.97. The second-order valence-corrected chi connectivity index (χ2v) is 8.97. The number of nitrogens with one attached hydrogen (secondary N) is 1. The summed E-state index contributed by atoms with van der Waals surface area (Å²) >= 11 is 0. The monoisotopic (exact) mass is 459 g/mol. The molecule has 34 heavy (non-hydrogen) atoms. The Morgan fingerprint density at radius 3 is 2.44 bits per heavy atom. The van der Waals surface area contributed by atoms with Crippen LogP contribution in [0.1, 0.15) is 28.9 Å². The maximum absolute atomic E-state index is 13.7. The van der Waals surface area contributed by atoms with Crippen molar-refractivity contribution in [2.75, 3.05) is 18.1 Å². The Hall–Kier alpha value is -3.42. The van der Waals surface area contributed by atoms with Crippen LogP contribution in [-0.4, -0.2) is 45.6 Å². The predicted octanol–water partition coefficient (Wildman–Crippen LogP) is 4.14. The van der Waals surface area contributed by atoms with Crippen LogP contribution < -0.4 is 10.4 Å². The van der Waals surface area contributed by atoms with Crippen molar-refractivity contribution in [2.45, 2.75) is 31.6 Å². The van der Waals surface area contributed by atoms with Crippen LogP contribution in [0.4, 0.5) is 10.1 Å². The molecule has 1 unspecified atom stereocenters. The standard InChI is InChI=1S/C27H30FN5O/c1-30-16-5-8-25(30)27(34)33(26-15-19-32(29-26)23-11-9-22(28)10-12-23)24-13-17-31(18-14-24)20-21-6-3-2-4-7-21/h2-12,15-16,19,24,26,29H,13-14,17-18,20H2,1H3. The van der Waals surface area contributed by atoms with Gasteiger partial charge in [0.15, 0.2) is 0 Å². The number of carbonyl (C=O) groups excluding carboxylic acids is 1. The minimum Gasteiger partial charge on any atom is -0.347 e. The van der Waals surface area contributed by atoms with Gasteiger partial charge in [0.1, 0.15) is 17.7 Å². The third kappa shape index (κ3) is 4.76. The van der Waals surface area contributed by atoms with Gasteiger partial charge in [-0.1, -0.05) is 30.3 Å². The van der Waals surface area contributed by atoms with E-state index in [0.717, 1.165) is 38.2 Å². The van der Waals surface area contributed by atoms with Crippen molar-refractivity contribution in [2.24, 2.45) is 7.05 Å². The highest BCUT2D eigenvalue weighted by molar-refractivity contribution is 5.93. The average Bonchev–Trinajstić information content (AvgIpc) is 3.51. The molecule has 2 aliphatic rings. The number of aromatic nitrogens is 1. The van der Waals surface area contributed by atoms with E-state index in [4.69, 9.17) is 0 Å². The third-order valence-corrected chi connectivity index (χ3v) is 6.69. The molecule has 3 heterocycles. The van der Waals surface area contributed by atoms with Crippen molar-refractivity contribution in [1.29, 1.82) is 0 Å². The highest BCUT2D eigenvalue weighted by Crippen LogP contribution is 2.26. The van der Waals surface area contributed by atoms with E-state index in [9.17, 15) is 9.18 Å². The molecule has 2 aromatic carbocycles. The molecule has 0 spiro atoms. The minimum absolute atomic E-state index is 0.0112. The molecule has 1 atom stereocenters. The highest BCUT2D eigenvalue weighted by atomic mass is 19.1. The summed E-state index contributed by atoms with van der Waals surface area (Å²) in [6, 6.07) is 20.7. The van der Waals surface area contributed by atoms with Crippen molar-refractivity contribution in [3.05, 3.63) is 102 Å². The van der Waals surface area contributed by atoms with E-state index in [1.165, 1.54) is 17.7 Å². The molecule has 1 fully saturated rings. The maximum Gasteiger partial charge on any atom is 0.272 e. The molecule has 0 bridgehead atoms. The lowest BCUT2D eigenvalue weighted by molar-refractivity contribution is 0.0449. The summed E-state index contributed by atoms with van der Waals surface area (Å²) in [5.41, 5.74) is 6.22. The zero-order valence-corrected chi connectivity index (χ0v) is 19.3. The molecule has 1 amide bonds. The number of hydrogen-bond donors (Lipinski definition) is 1. The normalized spacial score (nSPS) is 19.0. The number of hydrazine groups is 1. The Bertz CT molecular complexity index is 1140. The Kier molecular flexibility index (Phi) is 6.47. The number of likely N-dealkylation sites (tertiary alicyclic amines) is 1. The average molecular weight is 460 g/mol. The lowest BCUT2D eigenvalue weighted by Gasteiger charge is -2.41. The minimum atomic E-state index is -0.280. The van der Waals surface area contributed by atoms with E-state index in [-0.39, 0.29) is 23.9 Å². The fourth-order valence-corrected chi connectivity index (χ4v) is 4.85. The van der Waals surface area contributed by atoms with Crippen LogP contribution in [-0.2, 0) is 13.6 Å². The number of halogens is 1. The number of benzene rings is 2. The summed E-state index contributed by atoms with van der Waals surface area (Å²) in [6.07, 6.45) is 7.35. The van der Waals surface area contributed by atoms with Gasteiger partial charge in [-0.2, -0.15) is 0 Å². The summed E-state index contributed by atoms with van der Waals surface area (Å²) < 4.78 is 15.2. The van der Waals surface area contributed by atoms with Gasteiger partial charge in [0, 0.05) is 45.1 Å². The smallest absolute Gasteiger partial charge is 0.272 e. The van der Waals surface area contributed by atoms with Crippen molar-refractivity contribution < 1.29 is 9.18 Å². The number of hydrogen-bond acceptors (Lipinski definition) is 4. The van der Waals surface area contributed by atoms with E-state index < -0.39 is 0 Å². The Morgan fingerprint density at radius 1 is 1.03 bits per heavy atom. The topological polar surface area (TPSA) is 43.8 Å². The van der Waals surface area contributed by atoms with Crippen molar-refractivity contribution in [3.63, 3.8) is 0 Å². The van der Waals surface area contributed by atoms with Gasteiger partial charge in [-0.25, -0.2) is 9.82 Å². The van der Waals surface area contributed by atoms with Gasteiger partial charge < -0.3 is 9.47 Å². The summed E-state index contributed by atoms with van der Waals surface area (Å²) in [7, 11) is 1.90. The van der Waals surface area contributed by atoms with Crippen LogP contribution in [0.3, 0.4) is 0 Å². The predicted molar refractivity (Wildman–Crippen MR) is 131 cm³/mol. The van der Waals surface area contributed by atoms with Crippen LogP contribution in [0.2, 0.25) is 0 Å². The fourth-order valence-electron chi connectivity index (χ4n) is 4.85. The molecule has 0 radical (unpaired) electrons. The largest absolute Gasteiger partial charge is 0.347 e. The third-order valence-electron chi connectivity index (χ3n) is 6.69. The molecular weight excluding hydrogens is 429 g/mol. The van der Waals surface area contributed by atoms with Crippen LogP contribution in [0.5, 0.6) is 0 Å². The Balaban J connectivity index is 1.31. The van der Waals surface area contributed by atoms with E-state index in [0.29, 0.717) is 5.69 Å². The number of rotatable bonds is 6. The molecule has 7 heteroatoms. The summed E-state index contributed by atoms with van der Waals surface area (Å²) in [5.74, 6) is -0.261. The van der Waals surface area contributed by atoms with Crippen molar-refractivity contribution >= 4 is 11.6 Å². The van der Waals surface area contributed by atoms with Gasteiger partial charge in [-0.3, -0.25) is 14.7 Å². The van der Waals surface area contributed by atoms with E-state index >= 15 is 0 Å². The van der Waals surface area contributed by atoms with Gasteiger partial charge in [0.05, 0.1) is 5.69 Å². The second kappa shape index (κ2) is 9.83. The number of carbonyl (C=O) groups is 1. The Morgan fingerprint density at radius 2 is 1.76 bits per heavy atom. The molecule has 176 valence electrons. The van der Waals surface area contributed by atoms with Crippen LogP contribution in [0.15, 0.2) is 85.2 Å². The van der Waals surface area contributed by atoms with E-state index in [2.05, 4.69) is 34.6 Å². The highest BCUT2D eigenvalue weighted by Gasteiger charge is 2.36. The molecule has 2 aliphatic heterocycles. The number of nitrogens with zero attached hydrogens (tertiary/aromatic N) is 4. The first-order valence-electron chi connectivity index (χ1n) is 11.8. The lowest BCUT2D eigenvalue weighted by atomic mass is 10.0. The first-order chi connectivity index (χ1) is 16.6. The van der Waals surface area contributed by atoms with Gasteiger partial charge in [-0.15, -0.1) is 0 Å². The first kappa shape index (κ1) is 22.4. The molecule has 0 saturated carbocycles.